The fourth-order valence-corrected chi connectivity index (χ4v) is 3.14. The first-order valence-corrected chi connectivity index (χ1v) is 7.16. The second-order valence-electron chi connectivity index (χ2n) is 6.08. The number of hydrogen-bond donors (Lipinski definition) is 2. The van der Waals surface area contributed by atoms with Crippen LogP contribution in [-0.2, 0) is 5.41 Å². The smallest absolute Gasteiger partial charge is 0.177 e. The monoisotopic (exact) mass is 258 g/mol. The van der Waals surface area contributed by atoms with Crippen LogP contribution >= 0.6 is 0 Å². The molecule has 102 valence electrons. The first-order valence-electron chi connectivity index (χ1n) is 7.16. The van der Waals surface area contributed by atoms with Crippen LogP contribution in [0.3, 0.4) is 0 Å². The van der Waals surface area contributed by atoms with Gasteiger partial charge in [0.1, 0.15) is 5.82 Å². The first-order chi connectivity index (χ1) is 9.14. The molecule has 2 aromatic heterocycles. The fourth-order valence-electron chi connectivity index (χ4n) is 3.14. The summed E-state index contributed by atoms with van der Waals surface area (Å²) in [5, 5.41) is 0. The molecule has 0 radical (unpaired) electrons. The van der Waals surface area contributed by atoms with Crippen LogP contribution in [0.25, 0.3) is 11.2 Å². The Hall–Kier alpha value is -1.42. The Kier molecular flexibility index (Phi) is 3.05. The van der Waals surface area contributed by atoms with Gasteiger partial charge in [-0.25, -0.2) is 9.97 Å². The minimum absolute atomic E-state index is 0.0274. The molecule has 3 rings (SSSR count). The maximum absolute atomic E-state index is 6.10. The Morgan fingerprint density at radius 3 is 2.79 bits per heavy atom. The lowest BCUT2D eigenvalue weighted by atomic mass is 9.70. The zero-order valence-electron chi connectivity index (χ0n) is 11.7. The normalized spacial score (nSPS) is 27.8. The van der Waals surface area contributed by atoms with E-state index in [4.69, 9.17) is 10.7 Å². The van der Waals surface area contributed by atoms with Gasteiger partial charge < -0.3 is 10.7 Å². The Labute approximate surface area is 113 Å². The number of fused-ring (bicyclic) bond motifs is 1. The lowest BCUT2D eigenvalue weighted by molar-refractivity contribution is 0.238. The van der Waals surface area contributed by atoms with Crippen molar-refractivity contribution in [1.29, 1.82) is 0 Å². The SMILES string of the molecule is Cc1ccnc2nc(C3(CN)CCC(C)CC3)[nH]c12. The highest BCUT2D eigenvalue weighted by atomic mass is 15.0. The van der Waals surface area contributed by atoms with Crippen molar-refractivity contribution >= 4 is 11.2 Å². The highest BCUT2D eigenvalue weighted by molar-refractivity contribution is 5.74. The van der Waals surface area contributed by atoms with Gasteiger partial charge in [-0.2, -0.15) is 0 Å². The Bertz CT molecular complexity index is 579. The number of nitrogens with two attached hydrogens (primary N) is 1. The van der Waals surface area contributed by atoms with Crippen molar-refractivity contribution in [3.05, 3.63) is 23.7 Å². The third-order valence-corrected chi connectivity index (χ3v) is 4.72. The number of aromatic nitrogens is 3. The van der Waals surface area contributed by atoms with Gasteiger partial charge in [0.05, 0.1) is 5.52 Å². The second kappa shape index (κ2) is 4.60. The predicted octanol–water partition coefficient (Wildman–Crippen LogP) is 2.67. The molecule has 1 saturated carbocycles. The van der Waals surface area contributed by atoms with Crippen molar-refractivity contribution in [3.63, 3.8) is 0 Å². The van der Waals surface area contributed by atoms with E-state index in [1.165, 1.54) is 18.4 Å². The van der Waals surface area contributed by atoms with E-state index in [-0.39, 0.29) is 5.41 Å². The predicted molar refractivity (Wildman–Crippen MR) is 77.0 cm³/mol. The van der Waals surface area contributed by atoms with Gasteiger partial charge in [0, 0.05) is 18.2 Å². The van der Waals surface area contributed by atoms with E-state index < -0.39 is 0 Å². The van der Waals surface area contributed by atoms with E-state index in [1.54, 1.807) is 0 Å². The molecule has 1 aliphatic rings. The Morgan fingerprint density at radius 1 is 1.42 bits per heavy atom. The molecule has 2 aromatic rings. The van der Waals surface area contributed by atoms with Gasteiger partial charge in [-0.3, -0.25) is 0 Å². The number of hydrogen-bond acceptors (Lipinski definition) is 3. The summed E-state index contributed by atoms with van der Waals surface area (Å²) in [4.78, 5) is 12.6. The van der Waals surface area contributed by atoms with Crippen LogP contribution in [0.15, 0.2) is 12.3 Å². The van der Waals surface area contributed by atoms with Crippen LogP contribution in [0.2, 0.25) is 0 Å². The number of pyridine rings is 1. The van der Waals surface area contributed by atoms with E-state index in [9.17, 15) is 0 Å². The molecule has 1 aliphatic carbocycles. The Morgan fingerprint density at radius 2 is 2.16 bits per heavy atom. The van der Waals surface area contributed by atoms with Crippen LogP contribution in [-0.4, -0.2) is 21.5 Å². The van der Waals surface area contributed by atoms with Gasteiger partial charge in [-0.1, -0.05) is 6.92 Å². The Balaban J connectivity index is 2.04. The average molecular weight is 258 g/mol. The minimum atomic E-state index is 0.0274. The van der Waals surface area contributed by atoms with Crippen LogP contribution in [0.5, 0.6) is 0 Å². The number of imidazole rings is 1. The highest BCUT2D eigenvalue weighted by Crippen LogP contribution is 2.40. The topological polar surface area (TPSA) is 67.6 Å². The summed E-state index contributed by atoms with van der Waals surface area (Å²) >= 11 is 0. The zero-order chi connectivity index (χ0) is 13.5. The van der Waals surface area contributed by atoms with Gasteiger partial charge in [0.25, 0.3) is 0 Å². The van der Waals surface area contributed by atoms with Crippen molar-refractivity contribution in [2.75, 3.05) is 6.54 Å². The third-order valence-electron chi connectivity index (χ3n) is 4.72. The molecule has 1 fully saturated rings. The molecule has 0 amide bonds. The van der Waals surface area contributed by atoms with Crippen LogP contribution in [0.4, 0.5) is 0 Å². The molecule has 0 aliphatic heterocycles. The van der Waals surface area contributed by atoms with Crippen LogP contribution in [0.1, 0.15) is 44.0 Å². The summed E-state index contributed by atoms with van der Waals surface area (Å²) in [5.41, 5.74) is 9.20. The lowest BCUT2D eigenvalue weighted by Crippen LogP contribution is -2.39. The van der Waals surface area contributed by atoms with Crippen molar-refractivity contribution in [3.8, 4) is 0 Å². The fraction of sp³-hybridized carbons (Fsp3) is 0.600. The van der Waals surface area contributed by atoms with Gasteiger partial charge in [-0.15, -0.1) is 0 Å². The largest absolute Gasteiger partial charge is 0.340 e. The van der Waals surface area contributed by atoms with Crippen molar-refractivity contribution in [2.24, 2.45) is 11.7 Å². The summed E-state index contributed by atoms with van der Waals surface area (Å²) < 4.78 is 0. The maximum atomic E-state index is 6.10. The molecule has 4 nitrogen and oxygen atoms in total. The molecule has 0 atom stereocenters. The molecule has 19 heavy (non-hydrogen) atoms. The van der Waals surface area contributed by atoms with Crippen LogP contribution < -0.4 is 5.73 Å². The number of aryl methyl sites for hydroxylation is 1. The van der Waals surface area contributed by atoms with Gasteiger partial charge in [-0.05, 0) is 50.2 Å². The van der Waals surface area contributed by atoms with Gasteiger partial charge >= 0.3 is 0 Å². The average Bonchev–Trinajstić information content (AvgIpc) is 2.86. The number of H-pyrrole nitrogens is 1. The molecule has 0 unspecified atom stereocenters. The van der Waals surface area contributed by atoms with E-state index in [0.29, 0.717) is 6.54 Å². The standard InChI is InChI=1S/C15H22N4/c1-10-3-6-15(9-16,7-4-10)14-18-12-11(2)5-8-17-13(12)19-14/h5,8,10H,3-4,6-7,9,16H2,1-2H3,(H,17,18,19). The third kappa shape index (κ3) is 2.04. The minimum Gasteiger partial charge on any atom is -0.340 e. The maximum Gasteiger partial charge on any atom is 0.177 e. The molecule has 0 bridgehead atoms. The summed E-state index contributed by atoms with van der Waals surface area (Å²) in [6.45, 7) is 5.08. The number of nitrogens with zero attached hydrogens (tertiary/aromatic N) is 2. The number of rotatable bonds is 2. The summed E-state index contributed by atoms with van der Waals surface area (Å²) in [6, 6.07) is 2.02. The lowest BCUT2D eigenvalue weighted by Gasteiger charge is -2.36. The van der Waals surface area contributed by atoms with Gasteiger partial charge in [0.2, 0.25) is 0 Å². The quantitative estimate of drug-likeness (QED) is 0.870. The summed E-state index contributed by atoms with van der Waals surface area (Å²) in [7, 11) is 0. The van der Waals surface area contributed by atoms with Crippen LogP contribution in [0, 0.1) is 12.8 Å². The molecule has 0 aromatic carbocycles. The molecule has 4 heteroatoms. The highest BCUT2D eigenvalue weighted by Gasteiger charge is 2.37. The first kappa shape index (κ1) is 12.6. The van der Waals surface area contributed by atoms with E-state index in [2.05, 4.69) is 23.8 Å². The molecule has 0 saturated heterocycles. The van der Waals surface area contributed by atoms with Crippen molar-refractivity contribution in [2.45, 2.75) is 44.9 Å². The molecule has 3 N–H and O–H groups in total. The molecular formula is C15H22N4. The molecule has 0 spiro atoms. The second-order valence-corrected chi connectivity index (χ2v) is 6.08. The van der Waals surface area contributed by atoms with Gasteiger partial charge in [0.15, 0.2) is 5.65 Å². The van der Waals surface area contributed by atoms with Crippen molar-refractivity contribution in [1.82, 2.24) is 15.0 Å². The number of aromatic amines is 1. The summed E-state index contributed by atoms with van der Waals surface area (Å²) in [6.07, 6.45) is 6.55. The molecule has 2 heterocycles. The van der Waals surface area contributed by atoms with E-state index in [0.717, 1.165) is 35.7 Å². The summed E-state index contributed by atoms with van der Waals surface area (Å²) in [5.74, 6) is 1.85. The van der Waals surface area contributed by atoms with E-state index in [1.807, 2.05) is 12.3 Å². The number of nitrogens with one attached hydrogen (secondary N) is 1. The zero-order valence-corrected chi connectivity index (χ0v) is 11.7. The van der Waals surface area contributed by atoms with Crippen molar-refractivity contribution < 1.29 is 0 Å². The van der Waals surface area contributed by atoms with E-state index >= 15 is 0 Å². The molecular weight excluding hydrogens is 236 g/mol.